The molecule has 2 rings (SSSR count). The highest BCUT2D eigenvalue weighted by atomic mass is 16.5. The molecule has 2 atom stereocenters. The van der Waals surface area contributed by atoms with E-state index >= 15 is 0 Å². The topological polar surface area (TPSA) is 27.7 Å². The third kappa shape index (κ3) is 5.85. The lowest BCUT2D eigenvalue weighted by atomic mass is 9.97. The van der Waals surface area contributed by atoms with Gasteiger partial charge in [0.2, 0.25) is 0 Å². The normalized spacial score (nSPS) is 29.1. The zero-order valence-electron chi connectivity index (χ0n) is 14.3. The second-order valence-corrected chi connectivity index (χ2v) is 7.05. The lowest BCUT2D eigenvalue weighted by Gasteiger charge is -2.40. The van der Waals surface area contributed by atoms with Crippen LogP contribution < -0.4 is 5.32 Å². The Hall–Kier alpha value is -0.160. The van der Waals surface area contributed by atoms with Crippen molar-refractivity contribution < 1.29 is 4.74 Å². The van der Waals surface area contributed by atoms with E-state index in [1.54, 1.807) is 0 Å². The van der Waals surface area contributed by atoms with Gasteiger partial charge in [-0.3, -0.25) is 4.90 Å². The lowest BCUT2D eigenvalue weighted by Crippen LogP contribution is -2.51. The van der Waals surface area contributed by atoms with E-state index in [1.807, 2.05) is 0 Å². The summed E-state index contributed by atoms with van der Waals surface area (Å²) in [5.41, 5.74) is 0. The molecule has 2 unspecified atom stereocenters. The highest BCUT2D eigenvalue weighted by Gasteiger charge is 2.26. The molecule has 2 heterocycles. The van der Waals surface area contributed by atoms with Crippen molar-refractivity contribution in [2.24, 2.45) is 5.92 Å². The Kier molecular flexibility index (Phi) is 7.44. The van der Waals surface area contributed by atoms with Crippen LogP contribution in [0.25, 0.3) is 0 Å². The Morgan fingerprint density at radius 3 is 2.86 bits per heavy atom. The smallest absolute Gasteiger partial charge is 0.0829 e. The van der Waals surface area contributed by atoms with Crippen molar-refractivity contribution in [3.05, 3.63) is 0 Å². The van der Waals surface area contributed by atoms with Crippen LogP contribution in [0.5, 0.6) is 0 Å². The van der Waals surface area contributed by atoms with E-state index in [1.165, 1.54) is 38.9 Å². The lowest BCUT2D eigenvalue weighted by molar-refractivity contribution is -0.0559. The van der Waals surface area contributed by atoms with Crippen LogP contribution in [0.2, 0.25) is 0 Å². The summed E-state index contributed by atoms with van der Waals surface area (Å²) >= 11 is 0. The number of nitrogens with one attached hydrogen (secondary N) is 1. The zero-order valence-corrected chi connectivity index (χ0v) is 14.3. The maximum absolute atomic E-state index is 6.00. The number of piperidine rings is 1. The molecule has 0 aliphatic carbocycles. The van der Waals surface area contributed by atoms with Crippen LogP contribution in [-0.2, 0) is 4.74 Å². The molecular weight excluding hydrogens is 262 g/mol. The first-order chi connectivity index (χ1) is 10.2. The molecule has 21 heavy (non-hydrogen) atoms. The molecule has 2 aliphatic rings. The first kappa shape index (κ1) is 17.2. The maximum Gasteiger partial charge on any atom is 0.0829 e. The number of likely N-dealkylation sites (tertiary alicyclic amines) is 1. The van der Waals surface area contributed by atoms with Gasteiger partial charge in [0, 0.05) is 32.2 Å². The van der Waals surface area contributed by atoms with E-state index < -0.39 is 0 Å². The van der Waals surface area contributed by atoms with Gasteiger partial charge in [-0.15, -0.1) is 0 Å². The second kappa shape index (κ2) is 9.09. The number of rotatable bonds is 7. The summed E-state index contributed by atoms with van der Waals surface area (Å²) in [4.78, 5) is 5.19. The third-order valence-corrected chi connectivity index (χ3v) is 4.83. The van der Waals surface area contributed by atoms with Crippen LogP contribution in [0, 0.1) is 5.92 Å². The minimum absolute atomic E-state index is 0.406. The average Bonchev–Trinajstić information content (AvgIpc) is 2.48. The quantitative estimate of drug-likeness (QED) is 0.725. The van der Waals surface area contributed by atoms with Gasteiger partial charge in [0.15, 0.2) is 0 Å². The van der Waals surface area contributed by atoms with Crippen LogP contribution in [0.4, 0.5) is 0 Å². The van der Waals surface area contributed by atoms with Crippen molar-refractivity contribution >= 4 is 0 Å². The van der Waals surface area contributed by atoms with E-state index in [0.717, 1.165) is 38.7 Å². The molecule has 0 saturated carbocycles. The van der Waals surface area contributed by atoms with E-state index in [2.05, 4.69) is 35.9 Å². The Balaban J connectivity index is 1.71. The van der Waals surface area contributed by atoms with E-state index in [0.29, 0.717) is 12.1 Å². The molecule has 0 bridgehead atoms. The van der Waals surface area contributed by atoms with Crippen molar-refractivity contribution in [3.63, 3.8) is 0 Å². The molecule has 2 fully saturated rings. The van der Waals surface area contributed by atoms with Crippen LogP contribution in [0.15, 0.2) is 0 Å². The second-order valence-electron chi connectivity index (χ2n) is 7.05. The maximum atomic E-state index is 6.00. The number of nitrogens with zero attached hydrogens (tertiary/aromatic N) is 2. The average molecular weight is 297 g/mol. The highest BCUT2D eigenvalue weighted by Crippen LogP contribution is 2.18. The summed E-state index contributed by atoms with van der Waals surface area (Å²) in [6.07, 6.45) is 4.37. The SMILES string of the molecule is CCCNCC1CCCN(CC2CN(C(C)C)CCO2)C1. The standard InChI is InChI=1S/C17H35N3O/c1-4-7-18-11-16-6-5-8-19(12-16)13-17-14-20(15(2)3)9-10-21-17/h15-18H,4-14H2,1-3H3. The molecular formula is C17H35N3O. The monoisotopic (exact) mass is 297 g/mol. The van der Waals surface area contributed by atoms with Crippen LogP contribution in [-0.4, -0.2) is 74.4 Å². The fourth-order valence-corrected chi connectivity index (χ4v) is 3.58. The van der Waals surface area contributed by atoms with Crippen LogP contribution in [0.3, 0.4) is 0 Å². The molecule has 4 nitrogen and oxygen atoms in total. The van der Waals surface area contributed by atoms with Crippen molar-refractivity contribution in [1.82, 2.24) is 15.1 Å². The molecule has 2 aliphatic heterocycles. The first-order valence-corrected chi connectivity index (χ1v) is 8.97. The van der Waals surface area contributed by atoms with Gasteiger partial charge in [0.05, 0.1) is 12.7 Å². The Morgan fingerprint density at radius 1 is 1.24 bits per heavy atom. The first-order valence-electron chi connectivity index (χ1n) is 8.97. The molecule has 0 aromatic rings. The summed E-state index contributed by atoms with van der Waals surface area (Å²) in [6, 6.07) is 0.642. The summed E-state index contributed by atoms with van der Waals surface area (Å²) in [7, 11) is 0. The fourth-order valence-electron chi connectivity index (χ4n) is 3.58. The van der Waals surface area contributed by atoms with Gasteiger partial charge >= 0.3 is 0 Å². The van der Waals surface area contributed by atoms with Crippen LogP contribution >= 0.6 is 0 Å². The highest BCUT2D eigenvalue weighted by molar-refractivity contribution is 4.80. The molecule has 0 aromatic carbocycles. The van der Waals surface area contributed by atoms with E-state index in [-0.39, 0.29) is 0 Å². The number of ether oxygens (including phenoxy) is 1. The van der Waals surface area contributed by atoms with Crippen molar-refractivity contribution in [3.8, 4) is 0 Å². The van der Waals surface area contributed by atoms with Gasteiger partial charge in [0.1, 0.15) is 0 Å². The predicted octanol–water partition coefficient (Wildman–Crippen LogP) is 1.81. The van der Waals surface area contributed by atoms with Gasteiger partial charge < -0.3 is 15.0 Å². The Labute approximate surface area is 131 Å². The summed E-state index contributed by atoms with van der Waals surface area (Å²) < 4.78 is 6.00. The van der Waals surface area contributed by atoms with Gasteiger partial charge in [-0.2, -0.15) is 0 Å². The minimum Gasteiger partial charge on any atom is -0.374 e. The molecule has 124 valence electrons. The van der Waals surface area contributed by atoms with Gasteiger partial charge in [0.25, 0.3) is 0 Å². The van der Waals surface area contributed by atoms with Gasteiger partial charge in [-0.1, -0.05) is 6.92 Å². The van der Waals surface area contributed by atoms with Crippen LogP contribution in [0.1, 0.15) is 40.0 Å². The Bertz CT molecular complexity index is 285. The van der Waals surface area contributed by atoms with E-state index in [9.17, 15) is 0 Å². The van der Waals surface area contributed by atoms with Gasteiger partial charge in [-0.05, 0) is 58.7 Å². The molecule has 0 amide bonds. The van der Waals surface area contributed by atoms with E-state index in [4.69, 9.17) is 4.74 Å². The summed E-state index contributed by atoms with van der Waals surface area (Å²) in [5, 5.41) is 3.58. The predicted molar refractivity (Wildman–Crippen MR) is 88.8 cm³/mol. The Morgan fingerprint density at radius 2 is 2.10 bits per heavy atom. The number of hydrogen-bond donors (Lipinski definition) is 1. The fraction of sp³-hybridized carbons (Fsp3) is 1.00. The number of morpholine rings is 1. The van der Waals surface area contributed by atoms with Crippen molar-refractivity contribution in [2.45, 2.75) is 52.2 Å². The third-order valence-electron chi connectivity index (χ3n) is 4.83. The molecule has 1 N–H and O–H groups in total. The minimum atomic E-state index is 0.406. The van der Waals surface area contributed by atoms with Gasteiger partial charge in [-0.25, -0.2) is 0 Å². The molecule has 0 spiro atoms. The molecule has 2 saturated heterocycles. The largest absolute Gasteiger partial charge is 0.374 e. The summed E-state index contributed by atoms with van der Waals surface area (Å²) in [6.45, 7) is 15.9. The molecule has 0 aromatic heterocycles. The molecule has 0 radical (unpaired) electrons. The van der Waals surface area contributed by atoms with Crippen molar-refractivity contribution in [1.29, 1.82) is 0 Å². The molecule has 4 heteroatoms. The number of hydrogen-bond acceptors (Lipinski definition) is 4. The summed E-state index contributed by atoms with van der Waals surface area (Å²) in [5.74, 6) is 0.829. The van der Waals surface area contributed by atoms with Crippen molar-refractivity contribution in [2.75, 3.05) is 52.4 Å². The zero-order chi connectivity index (χ0) is 15.1.